The first kappa shape index (κ1) is 26.7. The minimum Gasteiger partial charge on any atom is -0.487 e. The highest BCUT2D eigenvalue weighted by Crippen LogP contribution is 2.39. The number of halogens is 1. The Morgan fingerprint density at radius 3 is 2.45 bits per heavy atom. The number of carbonyl (C=O) groups excluding carboxylic acids is 1. The van der Waals surface area contributed by atoms with Crippen LogP contribution in [-0.2, 0) is 21.2 Å². The number of nitriles is 1. The minimum absolute atomic E-state index is 0.139. The zero-order chi connectivity index (χ0) is 27.3. The Balaban J connectivity index is 1.75. The first-order valence-corrected chi connectivity index (χ1v) is 13.4. The van der Waals surface area contributed by atoms with Crippen molar-refractivity contribution in [1.82, 2.24) is 5.32 Å². The number of carbonyl (C=O) groups is 1. The van der Waals surface area contributed by atoms with Gasteiger partial charge in [-0.25, -0.2) is 12.8 Å². The van der Waals surface area contributed by atoms with Crippen molar-refractivity contribution in [1.29, 1.82) is 5.26 Å². The molecule has 196 valence electrons. The number of hydrogen-bond acceptors (Lipinski definition) is 8. The molecular formula is C27H24FN3O6S. The van der Waals surface area contributed by atoms with E-state index in [0.29, 0.717) is 33.5 Å². The van der Waals surface area contributed by atoms with E-state index in [4.69, 9.17) is 19.2 Å². The van der Waals surface area contributed by atoms with E-state index in [2.05, 4.69) is 16.7 Å². The Morgan fingerprint density at radius 1 is 1.11 bits per heavy atom. The molecule has 4 rings (SSSR count). The normalized spacial score (nSPS) is 11.2. The smallest absolute Gasteiger partial charge is 0.255 e. The van der Waals surface area contributed by atoms with Gasteiger partial charge in [-0.2, -0.15) is 5.26 Å². The molecule has 3 aromatic carbocycles. The molecule has 38 heavy (non-hydrogen) atoms. The summed E-state index contributed by atoms with van der Waals surface area (Å²) in [7, 11) is -1.84. The monoisotopic (exact) mass is 537 g/mol. The molecule has 0 fully saturated rings. The summed E-state index contributed by atoms with van der Waals surface area (Å²) in [6.45, 7) is 0.00764. The van der Waals surface area contributed by atoms with Crippen molar-refractivity contribution < 1.29 is 31.5 Å². The third-order valence-electron chi connectivity index (χ3n) is 5.49. The number of amides is 1. The Morgan fingerprint density at radius 2 is 1.82 bits per heavy atom. The number of sulfone groups is 1. The van der Waals surface area contributed by atoms with E-state index in [9.17, 15) is 17.6 Å². The topological polar surface area (TPSA) is 131 Å². The van der Waals surface area contributed by atoms with E-state index >= 15 is 0 Å². The molecule has 4 aromatic rings. The van der Waals surface area contributed by atoms with Crippen LogP contribution in [0.4, 0.5) is 10.1 Å². The number of nitrogens with zero attached hydrogens (tertiary/aromatic N) is 1. The molecule has 1 aromatic heterocycles. The molecular weight excluding hydrogens is 513 g/mol. The van der Waals surface area contributed by atoms with Crippen molar-refractivity contribution in [3.63, 3.8) is 0 Å². The largest absolute Gasteiger partial charge is 0.487 e. The Hall–Kier alpha value is -4.40. The second-order valence-electron chi connectivity index (χ2n) is 8.40. The van der Waals surface area contributed by atoms with Gasteiger partial charge in [-0.3, -0.25) is 4.79 Å². The van der Waals surface area contributed by atoms with Crippen molar-refractivity contribution in [2.45, 2.75) is 6.61 Å². The van der Waals surface area contributed by atoms with Crippen LogP contribution in [0.1, 0.15) is 21.5 Å². The maximum Gasteiger partial charge on any atom is 0.255 e. The van der Waals surface area contributed by atoms with Gasteiger partial charge in [0.05, 0.1) is 22.9 Å². The Kier molecular flexibility index (Phi) is 7.95. The molecule has 0 aliphatic heterocycles. The number of anilines is 1. The van der Waals surface area contributed by atoms with Crippen molar-refractivity contribution in [2.24, 2.45) is 0 Å². The summed E-state index contributed by atoms with van der Waals surface area (Å²) in [5, 5.41) is 15.1. The average Bonchev–Trinajstić information content (AvgIpc) is 3.27. The van der Waals surface area contributed by atoms with Gasteiger partial charge in [0.1, 0.15) is 42.2 Å². The molecule has 1 heterocycles. The predicted octanol–water partition coefficient (Wildman–Crippen LogP) is 4.44. The van der Waals surface area contributed by atoms with Gasteiger partial charge in [-0.15, -0.1) is 0 Å². The van der Waals surface area contributed by atoms with Crippen molar-refractivity contribution >= 4 is 32.4 Å². The van der Waals surface area contributed by atoms with Gasteiger partial charge in [0, 0.05) is 30.3 Å². The van der Waals surface area contributed by atoms with Crippen LogP contribution in [0.15, 0.2) is 65.1 Å². The molecule has 0 aliphatic rings. The molecule has 2 N–H and O–H groups in total. The molecule has 0 saturated carbocycles. The van der Waals surface area contributed by atoms with Gasteiger partial charge in [0.15, 0.2) is 9.84 Å². The SMILES string of the molecule is CNC(=O)c1c(-c2ccc(F)cc2)oc2cc(NCOCS(C)(=O)=O)c(OCc3ccc(C#N)cc3)cc12. The summed E-state index contributed by atoms with van der Waals surface area (Å²) in [4.78, 5) is 12.9. The number of rotatable bonds is 10. The van der Waals surface area contributed by atoms with E-state index in [0.717, 1.165) is 11.8 Å². The third-order valence-corrected chi connectivity index (χ3v) is 6.09. The van der Waals surface area contributed by atoms with E-state index in [1.54, 1.807) is 36.4 Å². The lowest BCUT2D eigenvalue weighted by atomic mass is 10.0. The fraction of sp³-hybridized carbons (Fsp3) is 0.185. The summed E-state index contributed by atoms with van der Waals surface area (Å²) in [6.07, 6.45) is 1.06. The number of fused-ring (bicyclic) bond motifs is 1. The molecule has 0 unspecified atom stereocenters. The van der Waals surface area contributed by atoms with Crippen LogP contribution in [-0.4, -0.2) is 40.3 Å². The van der Waals surface area contributed by atoms with E-state index in [-0.39, 0.29) is 24.7 Å². The van der Waals surface area contributed by atoms with Crippen LogP contribution in [0.3, 0.4) is 0 Å². The Bertz CT molecular complexity index is 1610. The molecule has 9 nitrogen and oxygen atoms in total. The number of ether oxygens (including phenoxy) is 2. The van der Waals surface area contributed by atoms with Crippen molar-refractivity contribution in [3.8, 4) is 23.1 Å². The number of benzene rings is 3. The molecule has 0 atom stereocenters. The van der Waals surface area contributed by atoms with Crippen LogP contribution in [0.25, 0.3) is 22.3 Å². The van der Waals surface area contributed by atoms with Crippen molar-refractivity contribution in [2.75, 3.05) is 31.3 Å². The first-order valence-electron chi connectivity index (χ1n) is 11.4. The lowest BCUT2D eigenvalue weighted by Crippen LogP contribution is -2.18. The first-order chi connectivity index (χ1) is 18.2. The van der Waals surface area contributed by atoms with Crippen LogP contribution in [0, 0.1) is 17.1 Å². The van der Waals surface area contributed by atoms with E-state index in [1.807, 2.05) is 0 Å². The van der Waals surface area contributed by atoms with Crippen LogP contribution in [0.5, 0.6) is 5.75 Å². The van der Waals surface area contributed by atoms with E-state index < -0.39 is 27.5 Å². The highest BCUT2D eigenvalue weighted by molar-refractivity contribution is 7.90. The summed E-state index contributed by atoms with van der Waals surface area (Å²) in [5.74, 6) is -0.701. The second kappa shape index (κ2) is 11.3. The van der Waals surface area contributed by atoms with Crippen LogP contribution >= 0.6 is 0 Å². The number of nitrogens with one attached hydrogen (secondary N) is 2. The Labute approximate surface area is 218 Å². The fourth-order valence-corrected chi connectivity index (χ4v) is 4.08. The van der Waals surface area contributed by atoms with Crippen LogP contribution in [0.2, 0.25) is 0 Å². The van der Waals surface area contributed by atoms with Gasteiger partial charge in [0.25, 0.3) is 5.91 Å². The standard InChI is InChI=1S/C27H24FN3O6S/c1-30-27(32)25-21-11-24(36-14-18-5-3-17(13-29)4-6-18)22(31-15-35-16-38(2,33)34)12-23(21)37-26(25)19-7-9-20(28)10-8-19/h3-12,31H,14-16H2,1-2H3,(H,30,32). The number of furan rings is 1. The molecule has 0 radical (unpaired) electrons. The van der Waals surface area contributed by atoms with Crippen LogP contribution < -0.4 is 15.4 Å². The second-order valence-corrected chi connectivity index (χ2v) is 10.5. The molecule has 0 spiro atoms. The zero-order valence-electron chi connectivity index (χ0n) is 20.6. The van der Waals surface area contributed by atoms with Gasteiger partial charge in [-0.05, 0) is 48.0 Å². The molecule has 11 heteroatoms. The molecule has 0 aliphatic carbocycles. The van der Waals surface area contributed by atoms with E-state index in [1.165, 1.54) is 31.3 Å². The van der Waals surface area contributed by atoms with Crippen molar-refractivity contribution in [3.05, 3.63) is 83.2 Å². The maximum absolute atomic E-state index is 13.5. The summed E-state index contributed by atoms with van der Waals surface area (Å²) < 4.78 is 53.6. The lowest BCUT2D eigenvalue weighted by molar-refractivity contribution is 0.0964. The predicted molar refractivity (Wildman–Crippen MR) is 140 cm³/mol. The van der Waals surface area contributed by atoms with Gasteiger partial charge >= 0.3 is 0 Å². The summed E-state index contributed by atoms with van der Waals surface area (Å²) in [5.41, 5.74) is 2.85. The van der Waals surface area contributed by atoms with Gasteiger partial charge < -0.3 is 24.5 Å². The average molecular weight is 538 g/mol. The highest BCUT2D eigenvalue weighted by atomic mass is 32.2. The maximum atomic E-state index is 13.5. The minimum atomic E-state index is -3.33. The summed E-state index contributed by atoms with van der Waals surface area (Å²) >= 11 is 0. The molecule has 1 amide bonds. The highest BCUT2D eigenvalue weighted by Gasteiger charge is 2.23. The fourth-order valence-electron chi connectivity index (χ4n) is 3.69. The zero-order valence-corrected chi connectivity index (χ0v) is 21.4. The molecule has 0 saturated heterocycles. The number of hydrogen-bond donors (Lipinski definition) is 2. The molecule has 0 bridgehead atoms. The lowest BCUT2D eigenvalue weighted by Gasteiger charge is -2.14. The van der Waals surface area contributed by atoms with Gasteiger partial charge in [0.2, 0.25) is 0 Å². The van der Waals surface area contributed by atoms with Gasteiger partial charge in [-0.1, -0.05) is 12.1 Å². The summed E-state index contributed by atoms with van der Waals surface area (Å²) in [6, 6.07) is 17.8. The quantitative estimate of drug-likeness (QED) is 0.224. The third kappa shape index (κ3) is 6.29.